The Morgan fingerprint density at radius 3 is 2.29 bits per heavy atom. The fourth-order valence-corrected chi connectivity index (χ4v) is 2.75. The van der Waals surface area contributed by atoms with Gasteiger partial charge in [0.2, 0.25) is 11.8 Å². The number of hydrogen-bond acceptors (Lipinski definition) is 5. The number of halogens is 1. The zero-order valence-electron chi connectivity index (χ0n) is 18.5. The van der Waals surface area contributed by atoms with Gasteiger partial charge in [0.15, 0.2) is 5.78 Å². The van der Waals surface area contributed by atoms with Gasteiger partial charge in [-0.3, -0.25) is 14.4 Å². The summed E-state index contributed by atoms with van der Waals surface area (Å²) in [5.74, 6) is -1.97. The smallest absolute Gasteiger partial charge is 0.408 e. The summed E-state index contributed by atoms with van der Waals surface area (Å²) >= 11 is 0. The van der Waals surface area contributed by atoms with E-state index < -0.39 is 36.5 Å². The summed E-state index contributed by atoms with van der Waals surface area (Å²) in [4.78, 5) is 50.1. The summed E-state index contributed by atoms with van der Waals surface area (Å²) in [7, 11) is 3.13. The lowest BCUT2D eigenvalue weighted by Gasteiger charge is -2.26. The molecule has 8 nitrogen and oxygen atoms in total. The van der Waals surface area contributed by atoms with E-state index in [1.165, 1.54) is 4.90 Å². The number of rotatable bonds is 12. The van der Waals surface area contributed by atoms with Crippen LogP contribution in [0.2, 0.25) is 0 Å². The molecule has 1 aromatic rings. The quantitative estimate of drug-likeness (QED) is 0.522. The summed E-state index contributed by atoms with van der Waals surface area (Å²) in [5, 5.41) is 5.02. The molecule has 0 saturated carbocycles. The van der Waals surface area contributed by atoms with E-state index in [1.54, 1.807) is 33.2 Å². The molecule has 0 spiro atoms. The zero-order valence-corrected chi connectivity index (χ0v) is 18.5. The van der Waals surface area contributed by atoms with Crippen LogP contribution in [0.15, 0.2) is 30.3 Å². The lowest BCUT2D eigenvalue weighted by Crippen LogP contribution is -2.54. The van der Waals surface area contributed by atoms with Crippen LogP contribution in [0.3, 0.4) is 0 Å². The van der Waals surface area contributed by atoms with Crippen molar-refractivity contribution in [2.75, 3.05) is 20.8 Å². The molecular formula is C22H32FN3O5. The third-order valence-corrected chi connectivity index (χ3v) is 4.96. The van der Waals surface area contributed by atoms with Crippen LogP contribution in [-0.2, 0) is 25.7 Å². The maximum atomic E-state index is 13.0. The van der Waals surface area contributed by atoms with E-state index in [-0.39, 0.29) is 31.3 Å². The van der Waals surface area contributed by atoms with Crippen LogP contribution in [0.25, 0.3) is 0 Å². The highest BCUT2D eigenvalue weighted by molar-refractivity contribution is 5.93. The fourth-order valence-electron chi connectivity index (χ4n) is 2.75. The number of ether oxygens (including phenoxy) is 1. The van der Waals surface area contributed by atoms with Crippen molar-refractivity contribution in [3.05, 3.63) is 35.9 Å². The second kappa shape index (κ2) is 13.4. The number of hydrogen-bond donors (Lipinski definition) is 2. The Balaban J connectivity index is 2.78. The van der Waals surface area contributed by atoms with Gasteiger partial charge in [0.1, 0.15) is 19.3 Å². The number of ketones is 1. The number of amides is 3. The fraction of sp³-hybridized carbons (Fsp3) is 0.545. The highest BCUT2D eigenvalue weighted by Crippen LogP contribution is 2.11. The minimum absolute atomic E-state index is 0.0236. The Morgan fingerprint density at radius 2 is 1.74 bits per heavy atom. The van der Waals surface area contributed by atoms with Crippen LogP contribution in [0, 0.1) is 5.92 Å². The number of Topliss-reactive ketones (excluding diaryl/α,β-unsaturated/α-hetero) is 1. The van der Waals surface area contributed by atoms with Crippen molar-refractivity contribution in [1.29, 1.82) is 0 Å². The Bertz CT molecular complexity index is 742. The van der Waals surface area contributed by atoms with Crippen LogP contribution in [0.1, 0.15) is 38.7 Å². The third-order valence-electron chi connectivity index (χ3n) is 4.96. The summed E-state index contributed by atoms with van der Waals surface area (Å²) in [6, 6.07) is 6.93. The average molecular weight is 438 g/mol. The van der Waals surface area contributed by atoms with Gasteiger partial charge in [-0.2, -0.15) is 0 Å². The SMILES string of the molecule is CC[C@H](C)[C@H](NC(=O)OCc1ccccc1)C(=O)NC(CCC(=O)N(C)C)C(=O)CF. The zero-order chi connectivity index (χ0) is 23.4. The van der Waals surface area contributed by atoms with E-state index in [0.29, 0.717) is 6.42 Å². The minimum atomic E-state index is -1.26. The minimum Gasteiger partial charge on any atom is -0.445 e. The standard InChI is InChI=1S/C22H32FN3O5/c1-5-15(2)20(25-22(30)31-14-16-9-7-6-8-10-16)21(29)24-17(18(27)13-23)11-12-19(28)26(3)4/h6-10,15,17,20H,5,11-14H2,1-4H3,(H,24,29)(H,25,30)/t15-,17?,20-/m0/s1. The molecule has 0 aliphatic rings. The van der Waals surface area contributed by atoms with Gasteiger partial charge in [-0.1, -0.05) is 50.6 Å². The largest absolute Gasteiger partial charge is 0.445 e. The Hall–Kier alpha value is -2.97. The monoisotopic (exact) mass is 437 g/mol. The highest BCUT2D eigenvalue weighted by atomic mass is 19.1. The maximum Gasteiger partial charge on any atom is 0.408 e. The molecule has 31 heavy (non-hydrogen) atoms. The number of nitrogens with one attached hydrogen (secondary N) is 2. The molecule has 0 aliphatic heterocycles. The first-order chi connectivity index (χ1) is 14.7. The van der Waals surface area contributed by atoms with Gasteiger partial charge in [-0.25, -0.2) is 9.18 Å². The number of alkyl carbamates (subject to hydrolysis) is 1. The first-order valence-electron chi connectivity index (χ1n) is 10.3. The van der Waals surface area contributed by atoms with Gasteiger partial charge in [0, 0.05) is 20.5 Å². The molecule has 9 heteroatoms. The molecule has 0 bridgehead atoms. The second-order valence-corrected chi connectivity index (χ2v) is 7.56. The Kier molecular flexibility index (Phi) is 11.2. The van der Waals surface area contributed by atoms with Crippen molar-refractivity contribution in [2.45, 2.75) is 51.8 Å². The number of benzene rings is 1. The molecule has 0 aromatic heterocycles. The molecule has 172 valence electrons. The maximum absolute atomic E-state index is 13.0. The number of alkyl halides is 1. The van der Waals surface area contributed by atoms with Crippen LogP contribution < -0.4 is 10.6 Å². The van der Waals surface area contributed by atoms with Gasteiger partial charge in [0.05, 0.1) is 6.04 Å². The molecule has 1 aromatic carbocycles. The van der Waals surface area contributed by atoms with Crippen molar-refractivity contribution in [3.8, 4) is 0 Å². The van der Waals surface area contributed by atoms with Crippen molar-refractivity contribution in [3.63, 3.8) is 0 Å². The van der Waals surface area contributed by atoms with Gasteiger partial charge < -0.3 is 20.3 Å². The summed E-state index contributed by atoms with van der Waals surface area (Å²) in [5.41, 5.74) is 0.793. The van der Waals surface area contributed by atoms with E-state index >= 15 is 0 Å². The molecule has 1 unspecified atom stereocenters. The number of carbonyl (C=O) groups is 4. The van der Waals surface area contributed by atoms with E-state index in [0.717, 1.165) is 5.56 Å². The normalized spacial score (nSPS) is 13.5. The van der Waals surface area contributed by atoms with Crippen molar-refractivity contribution in [2.24, 2.45) is 5.92 Å². The molecule has 0 heterocycles. The summed E-state index contributed by atoms with van der Waals surface area (Å²) in [6.45, 7) is 2.39. The third kappa shape index (κ3) is 9.15. The molecule has 2 N–H and O–H groups in total. The molecular weight excluding hydrogens is 405 g/mol. The number of nitrogens with zero attached hydrogens (tertiary/aromatic N) is 1. The first kappa shape index (κ1) is 26.1. The summed E-state index contributed by atoms with van der Waals surface area (Å²) < 4.78 is 18.2. The van der Waals surface area contributed by atoms with Gasteiger partial charge in [-0.15, -0.1) is 0 Å². The average Bonchev–Trinajstić information content (AvgIpc) is 2.77. The van der Waals surface area contributed by atoms with Crippen molar-refractivity contribution < 1.29 is 28.3 Å². The van der Waals surface area contributed by atoms with Crippen LogP contribution in [-0.4, -0.2) is 61.4 Å². The van der Waals surface area contributed by atoms with Crippen molar-refractivity contribution >= 4 is 23.7 Å². The highest BCUT2D eigenvalue weighted by Gasteiger charge is 2.30. The van der Waals surface area contributed by atoms with E-state index in [1.807, 2.05) is 25.1 Å². The summed E-state index contributed by atoms with van der Waals surface area (Å²) in [6.07, 6.45) is -0.264. The molecule has 0 fully saturated rings. The van der Waals surface area contributed by atoms with Gasteiger partial charge in [-0.05, 0) is 17.9 Å². The molecule has 0 radical (unpaired) electrons. The number of carbonyl (C=O) groups excluding carboxylic acids is 4. The molecule has 1 rings (SSSR count). The molecule has 3 atom stereocenters. The van der Waals surface area contributed by atoms with E-state index in [4.69, 9.17) is 4.74 Å². The van der Waals surface area contributed by atoms with Gasteiger partial charge in [0.25, 0.3) is 0 Å². The van der Waals surface area contributed by atoms with E-state index in [2.05, 4.69) is 10.6 Å². The molecule has 3 amide bonds. The predicted molar refractivity (Wildman–Crippen MR) is 114 cm³/mol. The first-order valence-corrected chi connectivity index (χ1v) is 10.3. The predicted octanol–water partition coefficient (Wildman–Crippen LogP) is 2.22. The van der Waals surface area contributed by atoms with Gasteiger partial charge >= 0.3 is 6.09 Å². The second-order valence-electron chi connectivity index (χ2n) is 7.56. The van der Waals surface area contributed by atoms with E-state index in [9.17, 15) is 23.6 Å². The molecule has 0 aliphatic carbocycles. The Morgan fingerprint density at radius 1 is 1.10 bits per heavy atom. The van der Waals surface area contributed by atoms with Crippen LogP contribution >= 0.6 is 0 Å². The topological polar surface area (TPSA) is 105 Å². The van der Waals surface area contributed by atoms with Crippen LogP contribution in [0.4, 0.5) is 9.18 Å². The molecule has 0 saturated heterocycles. The van der Waals surface area contributed by atoms with Crippen LogP contribution in [0.5, 0.6) is 0 Å². The lowest BCUT2D eigenvalue weighted by atomic mass is 9.97. The Labute approximate surface area is 182 Å². The lowest BCUT2D eigenvalue weighted by molar-refractivity contribution is -0.132. The van der Waals surface area contributed by atoms with Crippen molar-refractivity contribution in [1.82, 2.24) is 15.5 Å².